The first-order chi connectivity index (χ1) is 15.5. The fourth-order valence-corrected chi connectivity index (χ4v) is 5.12. The molecular formula is C26H29N3O3. The van der Waals surface area contributed by atoms with E-state index in [9.17, 15) is 4.79 Å². The summed E-state index contributed by atoms with van der Waals surface area (Å²) in [5.41, 5.74) is 6.70. The van der Waals surface area contributed by atoms with Gasteiger partial charge in [-0.3, -0.25) is 4.79 Å². The Labute approximate surface area is 188 Å². The lowest BCUT2D eigenvalue weighted by Crippen LogP contribution is -2.51. The smallest absolute Gasteiger partial charge is 0.253 e. The van der Waals surface area contributed by atoms with Crippen molar-refractivity contribution in [2.45, 2.75) is 32.2 Å². The van der Waals surface area contributed by atoms with Crippen LogP contribution in [-0.2, 0) is 5.54 Å². The number of nitrogens with zero attached hydrogens (tertiary/aromatic N) is 2. The monoisotopic (exact) mass is 431 g/mol. The highest BCUT2D eigenvalue weighted by molar-refractivity contribution is 5.95. The molecule has 6 heteroatoms. The molecule has 3 aromatic rings. The lowest BCUT2D eigenvalue weighted by molar-refractivity contribution is 0.0676. The molecule has 5 rings (SSSR count). The number of aryl methyl sites for hydroxylation is 1. The molecule has 0 saturated carbocycles. The van der Waals surface area contributed by atoms with E-state index >= 15 is 0 Å². The normalized spacial score (nSPS) is 16.2. The van der Waals surface area contributed by atoms with Gasteiger partial charge in [0.1, 0.15) is 0 Å². The van der Waals surface area contributed by atoms with Crippen LogP contribution in [0.5, 0.6) is 11.5 Å². The van der Waals surface area contributed by atoms with E-state index in [1.165, 1.54) is 22.5 Å². The molecule has 166 valence electrons. The minimum atomic E-state index is -0.174. The Morgan fingerprint density at radius 1 is 1.00 bits per heavy atom. The van der Waals surface area contributed by atoms with E-state index in [-0.39, 0.29) is 11.4 Å². The number of fused-ring (bicyclic) bond motifs is 4. The number of piperidine rings is 1. The first-order valence-electron chi connectivity index (χ1n) is 11.1. The van der Waals surface area contributed by atoms with Crippen LogP contribution in [-0.4, -0.2) is 42.7 Å². The van der Waals surface area contributed by atoms with E-state index in [2.05, 4.69) is 54.2 Å². The Morgan fingerprint density at radius 2 is 1.75 bits per heavy atom. The van der Waals surface area contributed by atoms with E-state index in [0.717, 1.165) is 18.5 Å². The van der Waals surface area contributed by atoms with Crippen molar-refractivity contribution < 1.29 is 14.3 Å². The van der Waals surface area contributed by atoms with E-state index in [1.54, 1.807) is 32.4 Å². The van der Waals surface area contributed by atoms with Crippen LogP contribution < -0.4 is 14.8 Å². The summed E-state index contributed by atoms with van der Waals surface area (Å²) in [5, 5.41) is 3.86. The number of hydrogen-bond acceptors (Lipinski definition) is 4. The van der Waals surface area contributed by atoms with Crippen LogP contribution in [0.4, 0.5) is 5.69 Å². The second-order valence-electron chi connectivity index (χ2n) is 8.74. The number of carbonyl (C=O) groups is 1. The van der Waals surface area contributed by atoms with Gasteiger partial charge in [-0.15, -0.1) is 0 Å². The van der Waals surface area contributed by atoms with E-state index in [0.29, 0.717) is 30.2 Å². The predicted molar refractivity (Wildman–Crippen MR) is 125 cm³/mol. The van der Waals surface area contributed by atoms with Gasteiger partial charge in [-0.25, -0.2) is 0 Å². The second kappa shape index (κ2) is 7.62. The molecule has 3 heterocycles. The number of benzene rings is 2. The molecule has 0 bridgehead atoms. The Bertz CT molecular complexity index is 1190. The Balaban J connectivity index is 1.40. The third-order valence-electron chi connectivity index (χ3n) is 7.09. The van der Waals surface area contributed by atoms with Crippen LogP contribution in [0.2, 0.25) is 0 Å². The van der Waals surface area contributed by atoms with Crippen molar-refractivity contribution in [2.75, 3.05) is 32.6 Å². The number of nitrogens with one attached hydrogen (secondary N) is 1. The average Bonchev–Trinajstić information content (AvgIpc) is 3.32. The molecule has 1 saturated heterocycles. The number of methoxy groups -OCH3 is 2. The van der Waals surface area contributed by atoms with Crippen LogP contribution in [0.3, 0.4) is 0 Å². The third-order valence-corrected chi connectivity index (χ3v) is 7.09. The SMILES string of the molecule is COc1ccc(C(=O)N2CCC3(CC2)Nc2ccc(C)c(C)c2-n2cccc23)cc1OC. The van der Waals surface area contributed by atoms with Crippen molar-refractivity contribution in [3.63, 3.8) is 0 Å². The molecule has 1 spiro atoms. The summed E-state index contributed by atoms with van der Waals surface area (Å²) >= 11 is 0. The van der Waals surface area contributed by atoms with Crippen molar-refractivity contribution in [1.82, 2.24) is 9.47 Å². The molecule has 0 aliphatic carbocycles. The second-order valence-corrected chi connectivity index (χ2v) is 8.74. The lowest BCUT2D eigenvalue weighted by Gasteiger charge is -2.46. The first kappa shape index (κ1) is 20.5. The van der Waals surface area contributed by atoms with Gasteiger partial charge < -0.3 is 24.3 Å². The zero-order chi connectivity index (χ0) is 22.5. The molecule has 1 aromatic heterocycles. The third kappa shape index (κ3) is 3.05. The van der Waals surface area contributed by atoms with Crippen LogP contribution in [0.15, 0.2) is 48.7 Å². The van der Waals surface area contributed by atoms with Crippen molar-refractivity contribution in [3.05, 3.63) is 71.0 Å². The number of rotatable bonds is 3. The molecule has 2 aliphatic heterocycles. The highest BCUT2D eigenvalue weighted by Crippen LogP contribution is 2.45. The number of anilines is 1. The summed E-state index contributed by atoms with van der Waals surface area (Å²) in [7, 11) is 3.18. The zero-order valence-corrected chi connectivity index (χ0v) is 19.1. The van der Waals surface area contributed by atoms with Gasteiger partial charge in [-0.1, -0.05) is 6.07 Å². The number of ether oxygens (including phenoxy) is 2. The number of amides is 1. The van der Waals surface area contributed by atoms with E-state index in [4.69, 9.17) is 9.47 Å². The molecule has 2 aromatic carbocycles. The predicted octanol–water partition coefficient (Wildman–Crippen LogP) is 4.67. The standard InChI is InChI=1S/C26H29N3O3/c1-17-7-9-20-24(18(17)2)29-13-5-6-23(29)26(27-20)11-14-28(15-12-26)25(30)19-8-10-21(31-3)22(16-19)32-4/h5-10,13,16,27H,11-12,14-15H2,1-4H3. The quantitative estimate of drug-likeness (QED) is 0.655. The van der Waals surface area contributed by atoms with Gasteiger partial charge >= 0.3 is 0 Å². The van der Waals surface area contributed by atoms with E-state index < -0.39 is 0 Å². The lowest BCUT2D eigenvalue weighted by atomic mass is 9.81. The van der Waals surface area contributed by atoms with Gasteiger partial charge in [0.05, 0.1) is 31.1 Å². The summed E-state index contributed by atoms with van der Waals surface area (Å²) in [5.74, 6) is 1.22. The van der Waals surface area contributed by atoms with Gasteiger partial charge in [0.25, 0.3) is 5.91 Å². The molecule has 0 atom stereocenters. The fraction of sp³-hybridized carbons (Fsp3) is 0.346. The molecule has 6 nitrogen and oxygen atoms in total. The number of carbonyl (C=O) groups excluding carboxylic acids is 1. The summed E-state index contributed by atoms with van der Waals surface area (Å²) in [6, 6.07) is 14.0. The van der Waals surface area contributed by atoms with Crippen LogP contribution in [0.1, 0.15) is 40.0 Å². The molecule has 2 aliphatic rings. The topological polar surface area (TPSA) is 55.7 Å². The molecular weight excluding hydrogens is 402 g/mol. The van der Waals surface area contributed by atoms with Crippen LogP contribution in [0.25, 0.3) is 5.69 Å². The summed E-state index contributed by atoms with van der Waals surface area (Å²) in [4.78, 5) is 15.2. The maximum Gasteiger partial charge on any atom is 0.253 e. The first-order valence-corrected chi connectivity index (χ1v) is 11.1. The summed E-state index contributed by atoms with van der Waals surface area (Å²) in [6.45, 7) is 5.71. The largest absolute Gasteiger partial charge is 0.493 e. The Hall–Kier alpha value is -3.41. The summed E-state index contributed by atoms with van der Waals surface area (Å²) < 4.78 is 13.0. The van der Waals surface area contributed by atoms with Gasteiger partial charge in [0.2, 0.25) is 0 Å². The molecule has 32 heavy (non-hydrogen) atoms. The minimum Gasteiger partial charge on any atom is -0.493 e. The molecule has 1 N–H and O–H groups in total. The van der Waals surface area contributed by atoms with Crippen LogP contribution in [0, 0.1) is 13.8 Å². The van der Waals surface area contributed by atoms with Crippen LogP contribution >= 0.6 is 0 Å². The van der Waals surface area contributed by atoms with Crippen molar-refractivity contribution in [3.8, 4) is 17.2 Å². The average molecular weight is 432 g/mol. The molecule has 1 amide bonds. The van der Waals surface area contributed by atoms with Crippen molar-refractivity contribution in [1.29, 1.82) is 0 Å². The number of aromatic nitrogens is 1. The number of hydrogen-bond donors (Lipinski definition) is 1. The Kier molecular flexibility index (Phi) is 4.88. The highest BCUT2D eigenvalue weighted by atomic mass is 16.5. The maximum absolute atomic E-state index is 13.2. The van der Waals surface area contributed by atoms with Gasteiger partial charge in [0.15, 0.2) is 11.5 Å². The molecule has 0 radical (unpaired) electrons. The van der Waals surface area contributed by atoms with E-state index in [1.807, 2.05) is 4.90 Å². The Morgan fingerprint density at radius 3 is 2.47 bits per heavy atom. The maximum atomic E-state index is 13.2. The number of likely N-dealkylation sites (tertiary alicyclic amines) is 1. The van der Waals surface area contributed by atoms with Gasteiger partial charge in [0, 0.05) is 30.5 Å². The van der Waals surface area contributed by atoms with Gasteiger partial charge in [-0.05, 0) is 74.2 Å². The highest BCUT2D eigenvalue weighted by Gasteiger charge is 2.42. The minimum absolute atomic E-state index is 0.0267. The zero-order valence-electron chi connectivity index (χ0n) is 19.1. The van der Waals surface area contributed by atoms with Crippen molar-refractivity contribution in [2.24, 2.45) is 0 Å². The van der Waals surface area contributed by atoms with Gasteiger partial charge in [-0.2, -0.15) is 0 Å². The van der Waals surface area contributed by atoms with Crippen molar-refractivity contribution >= 4 is 11.6 Å². The fourth-order valence-electron chi connectivity index (χ4n) is 5.12. The summed E-state index contributed by atoms with van der Waals surface area (Å²) in [6.07, 6.45) is 3.86. The molecule has 0 unspecified atom stereocenters. The molecule has 1 fully saturated rings.